The molecule has 0 spiro atoms. The molecule has 0 rings (SSSR count). The third-order valence-electron chi connectivity index (χ3n) is 1.29. The number of rotatable bonds is 5. The molecule has 0 radical (unpaired) electrons. The monoisotopic (exact) mass is 414 g/mol. The molecule has 0 aliphatic heterocycles. The van der Waals surface area contributed by atoms with Gasteiger partial charge in [0, 0.05) is 0 Å². The molecular weight excluding hydrogens is 372 g/mol. The summed E-state index contributed by atoms with van der Waals surface area (Å²) in [5.74, 6) is -0.933. The predicted molar refractivity (Wildman–Crippen MR) is 113 cm³/mol. The molecule has 0 saturated heterocycles. The first-order valence-electron chi connectivity index (χ1n) is 5.18. The van der Waals surface area contributed by atoms with Crippen molar-refractivity contribution in [3.05, 3.63) is 0 Å². The standard InChI is InChI=1S/C6H14N2O2.4CHNO.6CH4/c7-4-2-1-3-5(8)6(9)10;4*2-1-3;;;;;;/h5H,1-4,7-8H2,(H,9,10);4*2H;6*1H4. The number of carboxylic acid groups (broad SMARTS) is 1. The third kappa shape index (κ3) is 315. The molecule has 0 aliphatic rings. The Labute approximate surface area is 169 Å². The minimum absolute atomic E-state index is 0. The van der Waals surface area contributed by atoms with Crippen LogP contribution in [0.4, 0.5) is 0 Å². The van der Waals surface area contributed by atoms with Crippen molar-refractivity contribution in [2.45, 2.75) is 69.9 Å². The SMILES string of the molecule is C.C.C.C.C.C.N=C=O.N=C=O.N=C=O.N=C=O.NCCCCC(N)C(=O)O. The number of carbonyl (C=O) groups is 1. The maximum Gasteiger partial charge on any atom is 0.320 e. The van der Waals surface area contributed by atoms with Crippen LogP contribution in [0, 0.1) is 21.6 Å². The van der Waals surface area contributed by atoms with Gasteiger partial charge >= 0.3 is 5.97 Å². The van der Waals surface area contributed by atoms with Gasteiger partial charge < -0.3 is 16.6 Å². The van der Waals surface area contributed by atoms with E-state index >= 15 is 0 Å². The number of aliphatic carboxylic acids is 1. The van der Waals surface area contributed by atoms with Crippen LogP contribution in [0.5, 0.6) is 0 Å². The summed E-state index contributed by atoms with van der Waals surface area (Å²) in [6.45, 7) is 0.604. The summed E-state index contributed by atoms with van der Waals surface area (Å²) in [4.78, 5) is 43.5. The quantitative estimate of drug-likeness (QED) is 0.199. The minimum Gasteiger partial charge on any atom is -0.480 e. The van der Waals surface area contributed by atoms with Gasteiger partial charge in [0.2, 0.25) is 24.3 Å². The fourth-order valence-electron chi connectivity index (χ4n) is 0.632. The summed E-state index contributed by atoms with van der Waals surface area (Å²) >= 11 is 0. The van der Waals surface area contributed by atoms with Crippen LogP contribution in [-0.2, 0) is 24.0 Å². The molecule has 12 nitrogen and oxygen atoms in total. The molecule has 0 saturated carbocycles. The Morgan fingerprint density at radius 2 is 0.964 bits per heavy atom. The van der Waals surface area contributed by atoms with Crippen LogP contribution in [0.2, 0.25) is 0 Å². The van der Waals surface area contributed by atoms with Crippen LogP contribution in [-0.4, -0.2) is 48.0 Å². The zero-order valence-electron chi connectivity index (χ0n) is 11.5. The lowest BCUT2D eigenvalue weighted by molar-refractivity contribution is -0.138. The minimum atomic E-state index is -0.933. The topological polar surface area (TPSA) is 253 Å². The van der Waals surface area contributed by atoms with Gasteiger partial charge in [-0.1, -0.05) is 51.0 Å². The molecule has 1 atom stereocenters. The van der Waals surface area contributed by atoms with E-state index in [-0.39, 0.29) is 44.6 Å². The molecule has 0 bridgehead atoms. The zero-order valence-corrected chi connectivity index (χ0v) is 11.5. The number of carboxylic acids is 1. The summed E-state index contributed by atoms with van der Waals surface area (Å²) in [6.07, 6.45) is 5.16. The first kappa shape index (κ1) is 73.6. The van der Waals surface area contributed by atoms with Crippen LogP contribution < -0.4 is 11.5 Å². The fraction of sp³-hybridized carbons (Fsp3) is 0.688. The van der Waals surface area contributed by atoms with Crippen LogP contribution in [0.3, 0.4) is 0 Å². The zero-order chi connectivity index (χ0) is 18.8. The molecule has 0 fully saturated rings. The van der Waals surface area contributed by atoms with Gasteiger partial charge in [-0.3, -0.25) is 4.79 Å². The second kappa shape index (κ2) is 105. The van der Waals surface area contributed by atoms with Crippen LogP contribution in [0.15, 0.2) is 0 Å². The first-order chi connectivity index (χ1) is 10.3. The number of isocyanates is 4. The van der Waals surface area contributed by atoms with Gasteiger partial charge in [0.05, 0.1) is 0 Å². The molecule has 1 unspecified atom stereocenters. The Balaban J connectivity index is -0.0000000155. The Bertz CT molecular complexity index is 333. The molecule has 0 heterocycles. The van der Waals surface area contributed by atoms with Gasteiger partial charge in [-0.25, -0.2) is 40.8 Å². The molecule has 9 N–H and O–H groups in total. The van der Waals surface area contributed by atoms with Crippen molar-refractivity contribution < 1.29 is 29.1 Å². The van der Waals surface area contributed by atoms with Gasteiger partial charge in [-0.05, 0) is 19.4 Å². The Morgan fingerprint density at radius 1 is 0.750 bits per heavy atom. The van der Waals surface area contributed by atoms with Crippen LogP contribution in [0.1, 0.15) is 63.8 Å². The summed E-state index contributed by atoms with van der Waals surface area (Å²) in [6, 6.07) is -0.716. The predicted octanol–water partition coefficient (Wildman–Crippen LogP) is 2.95. The maximum atomic E-state index is 10.1. The average molecular weight is 415 g/mol. The molecule has 0 amide bonds. The van der Waals surface area contributed by atoms with Crippen LogP contribution >= 0.6 is 0 Å². The van der Waals surface area contributed by atoms with E-state index in [1.54, 1.807) is 0 Å². The number of hydrogen-bond acceptors (Lipinski definition) is 11. The van der Waals surface area contributed by atoms with E-state index < -0.39 is 12.0 Å². The summed E-state index contributed by atoms with van der Waals surface area (Å²) < 4.78 is 0. The molecule has 172 valence electrons. The highest BCUT2D eigenvalue weighted by Gasteiger charge is 2.09. The first-order valence-corrected chi connectivity index (χ1v) is 5.18. The summed E-state index contributed by atoms with van der Waals surface area (Å²) in [5, 5.41) is 29.9. The summed E-state index contributed by atoms with van der Waals surface area (Å²) in [7, 11) is 0. The van der Waals surface area contributed by atoms with Gasteiger partial charge in [0.1, 0.15) is 6.04 Å². The lowest BCUT2D eigenvalue weighted by Gasteiger charge is -2.03. The van der Waals surface area contributed by atoms with E-state index in [1.807, 2.05) is 0 Å². The molecule has 0 aromatic rings. The molecule has 0 aromatic heterocycles. The summed E-state index contributed by atoms with van der Waals surface area (Å²) in [5.41, 5.74) is 10.4. The van der Waals surface area contributed by atoms with Crippen molar-refractivity contribution in [3.8, 4) is 0 Å². The van der Waals surface area contributed by atoms with E-state index in [4.69, 9.17) is 57.4 Å². The van der Waals surface area contributed by atoms with E-state index in [1.165, 1.54) is 0 Å². The highest BCUT2D eigenvalue weighted by molar-refractivity contribution is 5.72. The average Bonchev–Trinajstić information content (AvgIpc) is 2.42. The molecule has 12 heteroatoms. The normalized spacial score (nSPS) is 5.79. The second-order valence-electron chi connectivity index (χ2n) is 2.64. The highest BCUT2D eigenvalue weighted by atomic mass is 16.4. The van der Waals surface area contributed by atoms with Crippen molar-refractivity contribution in [1.29, 1.82) is 21.6 Å². The van der Waals surface area contributed by atoms with E-state index in [2.05, 4.69) is 0 Å². The highest BCUT2D eigenvalue weighted by Crippen LogP contribution is 1.96. The maximum absolute atomic E-state index is 10.1. The smallest absolute Gasteiger partial charge is 0.320 e. The number of unbranched alkanes of at least 4 members (excludes halogenated alkanes) is 1. The molecule has 0 aromatic carbocycles. The number of carbonyl (C=O) groups excluding carboxylic acids is 4. The Kier molecular flexibility index (Phi) is 277. The van der Waals surface area contributed by atoms with E-state index in [0.717, 1.165) is 37.2 Å². The van der Waals surface area contributed by atoms with Crippen molar-refractivity contribution in [3.63, 3.8) is 0 Å². The second-order valence-corrected chi connectivity index (χ2v) is 2.64. The van der Waals surface area contributed by atoms with Gasteiger partial charge in [-0.15, -0.1) is 0 Å². The Morgan fingerprint density at radius 3 is 1.11 bits per heavy atom. The van der Waals surface area contributed by atoms with E-state index in [0.29, 0.717) is 13.0 Å². The Hall–Kier alpha value is -3.09. The van der Waals surface area contributed by atoms with Crippen molar-refractivity contribution >= 4 is 30.3 Å². The van der Waals surface area contributed by atoms with Crippen molar-refractivity contribution in [2.24, 2.45) is 11.5 Å². The van der Waals surface area contributed by atoms with Crippen molar-refractivity contribution in [1.82, 2.24) is 0 Å². The number of hydrogen-bond donors (Lipinski definition) is 7. The van der Waals surface area contributed by atoms with E-state index in [9.17, 15) is 4.79 Å². The molecular formula is C16H42N6O6. The number of nitrogens with one attached hydrogen (secondary N) is 4. The largest absolute Gasteiger partial charge is 0.480 e. The van der Waals surface area contributed by atoms with Gasteiger partial charge in [0.15, 0.2) is 0 Å². The lowest BCUT2D eigenvalue weighted by atomic mass is 10.1. The lowest BCUT2D eigenvalue weighted by Crippen LogP contribution is -2.29. The van der Waals surface area contributed by atoms with Gasteiger partial charge in [-0.2, -0.15) is 0 Å². The molecule has 28 heavy (non-hydrogen) atoms. The molecule has 0 aliphatic carbocycles. The van der Waals surface area contributed by atoms with Crippen LogP contribution in [0.25, 0.3) is 0 Å². The fourth-order valence-corrected chi connectivity index (χ4v) is 0.632. The van der Waals surface area contributed by atoms with Gasteiger partial charge in [0.25, 0.3) is 0 Å². The third-order valence-corrected chi connectivity index (χ3v) is 1.29. The van der Waals surface area contributed by atoms with Crippen molar-refractivity contribution in [2.75, 3.05) is 6.54 Å². The number of nitrogens with two attached hydrogens (primary N) is 2.